The molecule has 0 saturated heterocycles. The number of carbonyl (C=O) groups is 2. The van der Waals surface area contributed by atoms with Crippen LogP contribution in [0.1, 0.15) is 11.1 Å². The van der Waals surface area contributed by atoms with Crippen molar-refractivity contribution in [2.75, 3.05) is 19.0 Å². The monoisotopic (exact) mass is 464 g/mol. The Balaban J connectivity index is 1.73. The Morgan fingerprint density at radius 3 is 2.58 bits per heavy atom. The second-order valence-corrected chi connectivity index (χ2v) is 7.00. The van der Waals surface area contributed by atoms with E-state index < -0.39 is 41.8 Å². The SMILES string of the molecule is COc1ccc2c(CC(=O)N[C@@H](CO)C(=O)Nc3cccc(C(F)(F)F)c3)cc(=O)oc2c1. The number of aliphatic hydroxyl groups is 1. The molecule has 1 atom stereocenters. The number of anilines is 1. The third-order valence-electron chi connectivity index (χ3n) is 4.68. The molecule has 1 heterocycles. The Kier molecular flexibility index (Phi) is 7.02. The van der Waals surface area contributed by atoms with Gasteiger partial charge in [0.05, 0.1) is 25.7 Å². The maximum absolute atomic E-state index is 12.8. The third kappa shape index (κ3) is 5.89. The van der Waals surface area contributed by atoms with Gasteiger partial charge in [-0.15, -0.1) is 0 Å². The Bertz CT molecular complexity index is 1240. The number of ether oxygens (including phenoxy) is 1. The number of aliphatic hydroxyl groups excluding tert-OH is 1. The van der Waals surface area contributed by atoms with Crippen LogP contribution in [0.5, 0.6) is 5.75 Å². The Hall–Kier alpha value is -3.86. The molecule has 0 spiro atoms. The lowest BCUT2D eigenvalue weighted by molar-refractivity contribution is -0.137. The molecule has 2 aromatic carbocycles. The summed E-state index contributed by atoms with van der Waals surface area (Å²) in [5, 5.41) is 14.5. The quantitative estimate of drug-likeness (QED) is 0.463. The molecule has 3 N–H and O–H groups in total. The van der Waals surface area contributed by atoms with Gasteiger partial charge in [-0.05, 0) is 35.9 Å². The zero-order valence-corrected chi connectivity index (χ0v) is 17.2. The Morgan fingerprint density at radius 2 is 1.91 bits per heavy atom. The van der Waals surface area contributed by atoms with Gasteiger partial charge in [-0.3, -0.25) is 9.59 Å². The summed E-state index contributed by atoms with van der Waals surface area (Å²) < 4.78 is 48.7. The molecule has 0 bridgehead atoms. The van der Waals surface area contributed by atoms with Crippen LogP contribution in [-0.2, 0) is 22.2 Å². The second-order valence-electron chi connectivity index (χ2n) is 7.00. The summed E-state index contributed by atoms with van der Waals surface area (Å²) in [5.41, 5.74) is -1.29. The fraction of sp³-hybridized carbons (Fsp3) is 0.227. The maximum atomic E-state index is 12.8. The highest BCUT2D eigenvalue weighted by Crippen LogP contribution is 2.30. The van der Waals surface area contributed by atoms with E-state index in [-0.39, 0.29) is 17.7 Å². The van der Waals surface area contributed by atoms with E-state index in [4.69, 9.17) is 9.15 Å². The number of alkyl halides is 3. The van der Waals surface area contributed by atoms with Gasteiger partial charge < -0.3 is 24.9 Å². The summed E-state index contributed by atoms with van der Waals surface area (Å²) in [6.07, 6.45) is -4.91. The summed E-state index contributed by atoms with van der Waals surface area (Å²) in [7, 11) is 1.44. The van der Waals surface area contributed by atoms with Crippen molar-refractivity contribution in [3.8, 4) is 5.75 Å². The van der Waals surface area contributed by atoms with E-state index in [1.807, 2.05) is 0 Å². The van der Waals surface area contributed by atoms with Crippen molar-refractivity contribution in [3.05, 3.63) is 70.1 Å². The lowest BCUT2D eigenvalue weighted by atomic mass is 10.1. The fourth-order valence-corrected chi connectivity index (χ4v) is 3.10. The van der Waals surface area contributed by atoms with Gasteiger partial charge in [-0.25, -0.2) is 4.79 Å². The highest BCUT2D eigenvalue weighted by atomic mass is 19.4. The average Bonchev–Trinajstić information content (AvgIpc) is 2.76. The van der Waals surface area contributed by atoms with Crippen molar-refractivity contribution in [2.45, 2.75) is 18.6 Å². The average molecular weight is 464 g/mol. The molecule has 0 aliphatic heterocycles. The number of hydrogen-bond donors (Lipinski definition) is 3. The van der Waals surface area contributed by atoms with Crippen LogP contribution < -0.4 is 21.0 Å². The van der Waals surface area contributed by atoms with E-state index in [0.717, 1.165) is 24.3 Å². The molecule has 33 heavy (non-hydrogen) atoms. The number of fused-ring (bicyclic) bond motifs is 1. The van der Waals surface area contributed by atoms with E-state index >= 15 is 0 Å². The number of amides is 2. The van der Waals surface area contributed by atoms with Crippen LogP contribution in [0, 0.1) is 0 Å². The predicted octanol–water partition coefficient (Wildman–Crippen LogP) is 2.48. The molecule has 0 aliphatic rings. The number of methoxy groups -OCH3 is 1. The predicted molar refractivity (Wildman–Crippen MR) is 112 cm³/mol. The summed E-state index contributed by atoms with van der Waals surface area (Å²) in [5.74, 6) is -1.16. The molecule has 0 fully saturated rings. The summed E-state index contributed by atoms with van der Waals surface area (Å²) in [6, 6.07) is 8.33. The van der Waals surface area contributed by atoms with Crippen molar-refractivity contribution in [2.24, 2.45) is 0 Å². The van der Waals surface area contributed by atoms with E-state index in [1.54, 1.807) is 12.1 Å². The van der Waals surface area contributed by atoms with E-state index in [9.17, 15) is 32.7 Å². The lowest BCUT2D eigenvalue weighted by Gasteiger charge is -2.17. The number of carbonyl (C=O) groups excluding carboxylic acids is 2. The Morgan fingerprint density at radius 1 is 1.15 bits per heavy atom. The van der Waals surface area contributed by atoms with Crippen LogP contribution in [-0.4, -0.2) is 36.7 Å². The zero-order valence-electron chi connectivity index (χ0n) is 17.2. The zero-order chi connectivity index (χ0) is 24.2. The van der Waals surface area contributed by atoms with Crippen LogP contribution >= 0.6 is 0 Å². The molecular weight excluding hydrogens is 445 g/mol. The van der Waals surface area contributed by atoms with Crippen molar-refractivity contribution in [3.63, 3.8) is 0 Å². The van der Waals surface area contributed by atoms with Gasteiger partial charge in [0, 0.05) is 23.2 Å². The molecule has 174 valence electrons. The molecule has 0 unspecified atom stereocenters. The van der Waals surface area contributed by atoms with E-state index in [2.05, 4.69) is 10.6 Å². The highest BCUT2D eigenvalue weighted by Gasteiger charge is 2.30. The number of rotatable bonds is 7. The summed E-state index contributed by atoms with van der Waals surface area (Å²) in [6.45, 7) is -0.800. The number of nitrogens with one attached hydrogen (secondary N) is 2. The first kappa shape index (κ1) is 23.8. The normalized spacial score (nSPS) is 12.3. The van der Waals surface area contributed by atoms with Gasteiger partial charge in [0.1, 0.15) is 17.4 Å². The fourth-order valence-electron chi connectivity index (χ4n) is 3.10. The highest BCUT2D eigenvalue weighted by molar-refractivity contribution is 5.98. The summed E-state index contributed by atoms with van der Waals surface area (Å²) in [4.78, 5) is 36.7. The minimum atomic E-state index is -4.60. The second kappa shape index (κ2) is 9.74. The summed E-state index contributed by atoms with van der Waals surface area (Å²) >= 11 is 0. The van der Waals surface area contributed by atoms with Crippen molar-refractivity contribution in [1.29, 1.82) is 0 Å². The van der Waals surface area contributed by atoms with Gasteiger partial charge in [-0.1, -0.05) is 6.07 Å². The molecule has 2 amide bonds. The molecule has 0 radical (unpaired) electrons. The molecular formula is C22H19F3N2O6. The molecule has 1 aromatic heterocycles. The van der Waals surface area contributed by atoms with Crippen LogP contribution in [0.15, 0.2) is 57.7 Å². The Labute approximate surface area is 185 Å². The van der Waals surface area contributed by atoms with Gasteiger partial charge in [0.15, 0.2) is 0 Å². The van der Waals surface area contributed by atoms with Gasteiger partial charge >= 0.3 is 11.8 Å². The van der Waals surface area contributed by atoms with Gasteiger partial charge in [-0.2, -0.15) is 13.2 Å². The first-order valence-electron chi connectivity index (χ1n) is 9.60. The van der Waals surface area contributed by atoms with Gasteiger partial charge in [0.2, 0.25) is 11.8 Å². The minimum Gasteiger partial charge on any atom is -0.497 e. The minimum absolute atomic E-state index is 0.150. The van der Waals surface area contributed by atoms with Crippen LogP contribution in [0.3, 0.4) is 0 Å². The van der Waals surface area contributed by atoms with Crippen molar-refractivity contribution >= 4 is 28.5 Å². The van der Waals surface area contributed by atoms with E-state index in [0.29, 0.717) is 16.7 Å². The topological polar surface area (TPSA) is 118 Å². The molecule has 8 nitrogen and oxygen atoms in total. The largest absolute Gasteiger partial charge is 0.497 e. The van der Waals surface area contributed by atoms with E-state index in [1.165, 1.54) is 19.2 Å². The maximum Gasteiger partial charge on any atom is 0.416 e. The molecule has 3 rings (SSSR count). The van der Waals surface area contributed by atoms with Gasteiger partial charge in [0.25, 0.3) is 0 Å². The lowest BCUT2D eigenvalue weighted by Crippen LogP contribution is -2.46. The van der Waals surface area contributed by atoms with Crippen LogP contribution in [0.4, 0.5) is 18.9 Å². The molecule has 0 aliphatic carbocycles. The number of benzene rings is 2. The smallest absolute Gasteiger partial charge is 0.416 e. The molecule has 11 heteroatoms. The number of halogens is 3. The first-order valence-corrected chi connectivity index (χ1v) is 9.60. The standard InChI is InChI=1S/C22H19F3N2O6/c1-32-15-5-6-16-12(8-20(30)33-18(16)10-15)7-19(29)27-17(11-28)21(31)26-14-4-2-3-13(9-14)22(23,24)25/h2-6,8-10,17,28H,7,11H2,1H3,(H,26,31)(H,27,29)/t17-/m0/s1. The first-order chi connectivity index (χ1) is 15.6. The molecule has 3 aromatic rings. The molecule has 0 saturated carbocycles. The van der Waals surface area contributed by atoms with Crippen molar-refractivity contribution < 1.29 is 37.0 Å². The van der Waals surface area contributed by atoms with Crippen LogP contribution in [0.25, 0.3) is 11.0 Å². The van der Waals surface area contributed by atoms with Crippen molar-refractivity contribution in [1.82, 2.24) is 5.32 Å². The third-order valence-corrected chi connectivity index (χ3v) is 4.68. The van der Waals surface area contributed by atoms with Crippen LogP contribution in [0.2, 0.25) is 0 Å². The number of hydrogen-bond acceptors (Lipinski definition) is 6.